The fraction of sp³-hybridized carbons (Fsp3) is 0. The minimum atomic E-state index is 0.809. The summed E-state index contributed by atoms with van der Waals surface area (Å²) in [6, 6.07) is 32.1. The maximum atomic E-state index is 4.43. The van der Waals surface area contributed by atoms with Crippen LogP contribution < -0.4 is 0 Å². The van der Waals surface area contributed by atoms with E-state index < -0.39 is 0 Å². The number of rotatable bonds is 0. The van der Waals surface area contributed by atoms with Gasteiger partial charge in [-0.1, -0.05) is 48.5 Å². The van der Waals surface area contributed by atoms with Crippen molar-refractivity contribution in [3.8, 4) is 22.3 Å². The van der Waals surface area contributed by atoms with Crippen molar-refractivity contribution in [3.05, 3.63) is 97.1 Å². The molecule has 0 radical (unpaired) electrons. The standard InChI is InChI=1S/C24H16N4/c1-5-17-13-21(9-1)25-26-23-11-3-7-19(15-23)20-8-4-12-24(16-20)28-27-22-10-2-6-18(17)14-22/h1-16H. The van der Waals surface area contributed by atoms with Gasteiger partial charge >= 0.3 is 0 Å². The van der Waals surface area contributed by atoms with E-state index >= 15 is 0 Å². The number of nitrogens with zero attached hydrogens (tertiary/aromatic N) is 4. The minimum Gasteiger partial charge on any atom is -0.151 e. The summed E-state index contributed by atoms with van der Waals surface area (Å²) in [4.78, 5) is 0. The van der Waals surface area contributed by atoms with E-state index in [4.69, 9.17) is 0 Å². The maximum Gasteiger partial charge on any atom is 0.0863 e. The molecule has 1 aliphatic heterocycles. The van der Waals surface area contributed by atoms with Crippen LogP contribution in [0.2, 0.25) is 0 Å². The molecular weight excluding hydrogens is 344 g/mol. The zero-order valence-corrected chi connectivity index (χ0v) is 15.0. The molecule has 0 N–H and O–H groups in total. The van der Waals surface area contributed by atoms with E-state index in [1.54, 1.807) is 0 Å². The topological polar surface area (TPSA) is 49.4 Å². The molecule has 0 saturated heterocycles. The van der Waals surface area contributed by atoms with Crippen LogP contribution in [0.15, 0.2) is 118 Å². The minimum absolute atomic E-state index is 0.809. The predicted molar refractivity (Wildman–Crippen MR) is 112 cm³/mol. The Morgan fingerprint density at radius 3 is 0.821 bits per heavy atom. The summed E-state index contributed by atoms with van der Waals surface area (Å²) in [6.07, 6.45) is 0. The average molecular weight is 360 g/mol. The molecule has 0 aliphatic carbocycles. The first-order valence-corrected chi connectivity index (χ1v) is 9.08. The molecule has 4 heteroatoms. The maximum absolute atomic E-state index is 4.43. The fourth-order valence-electron chi connectivity index (χ4n) is 3.22. The Hall–Kier alpha value is -3.92. The highest BCUT2D eigenvalue weighted by Gasteiger charge is 2.04. The van der Waals surface area contributed by atoms with Crippen LogP contribution in [0.4, 0.5) is 22.7 Å². The fourth-order valence-corrected chi connectivity index (χ4v) is 3.22. The van der Waals surface area contributed by atoms with E-state index in [9.17, 15) is 0 Å². The number of hydrogen-bond donors (Lipinski definition) is 0. The number of azo groups is 2. The molecule has 0 amide bonds. The van der Waals surface area contributed by atoms with Crippen molar-refractivity contribution in [2.75, 3.05) is 0 Å². The molecule has 4 aromatic carbocycles. The van der Waals surface area contributed by atoms with Crippen LogP contribution in [0, 0.1) is 0 Å². The van der Waals surface area contributed by atoms with Crippen LogP contribution >= 0.6 is 0 Å². The molecule has 8 bridgehead atoms. The Bertz CT molecular complexity index is 1030. The third kappa shape index (κ3) is 3.35. The van der Waals surface area contributed by atoms with E-state index in [1.165, 1.54) is 0 Å². The second-order valence-electron chi connectivity index (χ2n) is 6.60. The number of benzene rings is 4. The third-order valence-electron chi connectivity index (χ3n) is 4.61. The van der Waals surface area contributed by atoms with Crippen molar-refractivity contribution in [3.63, 3.8) is 0 Å². The molecular formula is C24H16N4. The molecule has 132 valence electrons. The van der Waals surface area contributed by atoms with E-state index in [-0.39, 0.29) is 0 Å². The Labute approximate surface area is 162 Å². The van der Waals surface area contributed by atoms with Gasteiger partial charge in [0.1, 0.15) is 0 Å². The zero-order valence-electron chi connectivity index (χ0n) is 15.0. The molecule has 0 unspecified atom stereocenters. The highest BCUT2D eigenvalue weighted by atomic mass is 15.1. The smallest absolute Gasteiger partial charge is 0.0863 e. The van der Waals surface area contributed by atoms with Gasteiger partial charge in [-0.2, -0.15) is 20.5 Å². The first kappa shape index (κ1) is 16.3. The van der Waals surface area contributed by atoms with Gasteiger partial charge in [-0.15, -0.1) is 0 Å². The molecule has 4 nitrogen and oxygen atoms in total. The third-order valence-corrected chi connectivity index (χ3v) is 4.61. The van der Waals surface area contributed by atoms with Crippen molar-refractivity contribution in [1.29, 1.82) is 0 Å². The van der Waals surface area contributed by atoms with Gasteiger partial charge in [0.15, 0.2) is 0 Å². The quantitative estimate of drug-likeness (QED) is 0.267. The van der Waals surface area contributed by atoms with E-state index in [0.29, 0.717) is 0 Å². The number of fused-ring (bicyclic) bond motifs is 10. The van der Waals surface area contributed by atoms with Crippen molar-refractivity contribution in [2.24, 2.45) is 20.5 Å². The largest absolute Gasteiger partial charge is 0.151 e. The molecule has 5 rings (SSSR count). The average Bonchev–Trinajstić information content (AvgIpc) is 2.77. The van der Waals surface area contributed by atoms with Crippen LogP contribution in [0.5, 0.6) is 0 Å². The van der Waals surface area contributed by atoms with Crippen LogP contribution in [-0.4, -0.2) is 0 Å². The predicted octanol–water partition coefficient (Wildman–Crippen LogP) is 8.16. The Kier molecular flexibility index (Phi) is 4.07. The molecule has 4 aromatic rings. The van der Waals surface area contributed by atoms with Crippen LogP contribution in [0.3, 0.4) is 0 Å². The summed E-state index contributed by atoms with van der Waals surface area (Å²) in [5, 5.41) is 17.7. The summed E-state index contributed by atoms with van der Waals surface area (Å²) in [6.45, 7) is 0. The summed E-state index contributed by atoms with van der Waals surface area (Å²) in [5.41, 5.74) is 7.50. The molecule has 1 aliphatic rings. The molecule has 0 spiro atoms. The van der Waals surface area contributed by atoms with Gasteiger partial charge in [0.2, 0.25) is 0 Å². The van der Waals surface area contributed by atoms with E-state index in [0.717, 1.165) is 45.0 Å². The first-order chi connectivity index (χ1) is 13.8. The lowest BCUT2D eigenvalue weighted by molar-refractivity contribution is 1.22. The molecule has 0 aromatic heterocycles. The Balaban J connectivity index is 1.71. The normalized spacial score (nSPS) is 12.0. The summed E-state index contributed by atoms with van der Waals surface area (Å²) in [5.74, 6) is 0. The summed E-state index contributed by atoms with van der Waals surface area (Å²) < 4.78 is 0. The SMILES string of the molecule is c1cc2cc(c1)-c1cccc(c1)N=Nc1cccc(c1)-c1cccc(c1)N=N2. The molecule has 28 heavy (non-hydrogen) atoms. The molecule has 1 heterocycles. The van der Waals surface area contributed by atoms with Gasteiger partial charge in [-0.3, -0.25) is 0 Å². The van der Waals surface area contributed by atoms with Gasteiger partial charge in [-0.25, -0.2) is 0 Å². The highest BCUT2D eigenvalue weighted by molar-refractivity contribution is 5.71. The van der Waals surface area contributed by atoms with Crippen molar-refractivity contribution >= 4 is 22.7 Å². The van der Waals surface area contributed by atoms with Crippen molar-refractivity contribution < 1.29 is 0 Å². The first-order valence-electron chi connectivity index (χ1n) is 9.08. The Morgan fingerprint density at radius 1 is 0.321 bits per heavy atom. The lowest BCUT2D eigenvalue weighted by Gasteiger charge is -2.06. The van der Waals surface area contributed by atoms with Crippen molar-refractivity contribution in [1.82, 2.24) is 0 Å². The number of hydrogen-bond acceptors (Lipinski definition) is 4. The second kappa shape index (κ2) is 7.00. The zero-order chi connectivity index (χ0) is 18.8. The van der Waals surface area contributed by atoms with Gasteiger partial charge in [-0.05, 0) is 70.8 Å². The second-order valence-corrected chi connectivity index (χ2v) is 6.60. The van der Waals surface area contributed by atoms with Gasteiger partial charge in [0.25, 0.3) is 0 Å². The summed E-state index contributed by atoms with van der Waals surface area (Å²) in [7, 11) is 0. The Morgan fingerprint density at radius 2 is 0.571 bits per heavy atom. The van der Waals surface area contributed by atoms with Crippen LogP contribution in [-0.2, 0) is 0 Å². The molecule has 0 saturated carbocycles. The molecule has 0 atom stereocenters. The lowest BCUT2D eigenvalue weighted by atomic mass is 10.0. The van der Waals surface area contributed by atoms with E-state index in [1.807, 2.05) is 72.8 Å². The van der Waals surface area contributed by atoms with Gasteiger partial charge < -0.3 is 0 Å². The van der Waals surface area contributed by atoms with Gasteiger partial charge in [0, 0.05) is 0 Å². The van der Waals surface area contributed by atoms with Crippen molar-refractivity contribution in [2.45, 2.75) is 0 Å². The van der Waals surface area contributed by atoms with Crippen LogP contribution in [0.25, 0.3) is 22.3 Å². The van der Waals surface area contributed by atoms with Gasteiger partial charge in [0.05, 0.1) is 22.7 Å². The van der Waals surface area contributed by atoms with Crippen LogP contribution in [0.1, 0.15) is 0 Å². The lowest BCUT2D eigenvalue weighted by Crippen LogP contribution is -1.79. The molecule has 0 fully saturated rings. The van der Waals surface area contributed by atoms with E-state index in [2.05, 4.69) is 44.7 Å². The summed E-state index contributed by atoms with van der Waals surface area (Å²) >= 11 is 0. The highest BCUT2D eigenvalue weighted by Crippen LogP contribution is 2.31. The monoisotopic (exact) mass is 360 g/mol.